The average Bonchev–Trinajstić information content (AvgIpc) is 3.01. The van der Waals surface area contributed by atoms with Gasteiger partial charge in [0, 0.05) is 18.0 Å². The lowest BCUT2D eigenvalue weighted by Gasteiger charge is -1.98. The summed E-state index contributed by atoms with van der Waals surface area (Å²) >= 11 is 0. The third kappa shape index (κ3) is 1.50. The number of benzene rings is 1. The molecule has 4 heteroatoms. The minimum absolute atomic E-state index is 0.974. The molecule has 2 aromatic heterocycles. The Morgan fingerprint density at radius 3 is 2.69 bits per heavy atom. The number of aromatic nitrogens is 4. The summed E-state index contributed by atoms with van der Waals surface area (Å²) in [5, 5.41) is 11.1. The first kappa shape index (κ1) is 8.91. The van der Waals surface area contributed by atoms with Crippen LogP contribution >= 0.6 is 0 Å². The molecule has 3 aromatic rings. The fourth-order valence-corrected chi connectivity index (χ4v) is 1.60. The zero-order valence-corrected chi connectivity index (χ0v) is 8.54. The van der Waals surface area contributed by atoms with Gasteiger partial charge in [0.2, 0.25) is 0 Å². The summed E-state index contributed by atoms with van der Waals surface area (Å²) in [5.74, 6) is 0. The Kier molecular flexibility index (Phi) is 2.04. The second-order valence-corrected chi connectivity index (χ2v) is 3.48. The van der Waals surface area contributed by atoms with E-state index in [1.807, 2.05) is 53.5 Å². The van der Waals surface area contributed by atoms with Crippen LogP contribution in [0.25, 0.3) is 16.9 Å². The molecule has 0 unspecified atom stereocenters. The Balaban J connectivity index is 2.00. The van der Waals surface area contributed by atoms with Crippen molar-refractivity contribution in [2.45, 2.75) is 0 Å². The van der Waals surface area contributed by atoms with Gasteiger partial charge in [0.15, 0.2) is 0 Å². The molecule has 0 bridgehead atoms. The summed E-state index contributed by atoms with van der Waals surface area (Å²) < 4.78 is 1.84. The maximum atomic E-state index is 4.31. The van der Waals surface area contributed by atoms with E-state index in [4.69, 9.17) is 0 Å². The molecular formula is C12H10N4. The van der Waals surface area contributed by atoms with Crippen LogP contribution in [0, 0.1) is 0 Å². The normalized spacial score (nSPS) is 10.5. The predicted molar refractivity (Wildman–Crippen MR) is 61.1 cm³/mol. The maximum Gasteiger partial charge on any atom is 0.0681 e. The lowest BCUT2D eigenvalue weighted by atomic mass is 10.2. The van der Waals surface area contributed by atoms with Gasteiger partial charge in [-0.05, 0) is 18.2 Å². The highest BCUT2D eigenvalue weighted by atomic mass is 15.3. The molecule has 4 nitrogen and oxygen atoms in total. The number of nitrogens with zero attached hydrogens (tertiary/aromatic N) is 3. The van der Waals surface area contributed by atoms with Crippen molar-refractivity contribution in [3.63, 3.8) is 0 Å². The van der Waals surface area contributed by atoms with Crippen LogP contribution in [-0.4, -0.2) is 20.0 Å². The molecule has 0 spiro atoms. The third-order valence-electron chi connectivity index (χ3n) is 2.42. The molecule has 0 atom stereocenters. The highest BCUT2D eigenvalue weighted by molar-refractivity contribution is 5.56. The fourth-order valence-electron chi connectivity index (χ4n) is 1.60. The molecule has 0 saturated heterocycles. The van der Waals surface area contributed by atoms with Crippen molar-refractivity contribution in [1.29, 1.82) is 0 Å². The Hall–Kier alpha value is -2.36. The van der Waals surface area contributed by atoms with Gasteiger partial charge in [-0.2, -0.15) is 10.2 Å². The van der Waals surface area contributed by atoms with Crippen LogP contribution in [0.2, 0.25) is 0 Å². The van der Waals surface area contributed by atoms with E-state index in [2.05, 4.69) is 15.3 Å². The second kappa shape index (κ2) is 3.66. The van der Waals surface area contributed by atoms with Gasteiger partial charge in [-0.1, -0.05) is 18.2 Å². The van der Waals surface area contributed by atoms with Gasteiger partial charge in [0.1, 0.15) is 0 Å². The number of hydrogen-bond acceptors (Lipinski definition) is 2. The summed E-state index contributed by atoms with van der Waals surface area (Å²) in [6.07, 6.45) is 5.53. The molecule has 0 fully saturated rings. The molecule has 0 aliphatic heterocycles. The van der Waals surface area contributed by atoms with Crippen LogP contribution in [0.15, 0.2) is 55.0 Å². The lowest BCUT2D eigenvalue weighted by Crippen LogP contribution is -1.92. The highest BCUT2D eigenvalue weighted by Gasteiger charge is 2.03. The second-order valence-electron chi connectivity index (χ2n) is 3.48. The average molecular weight is 210 g/mol. The first-order chi connectivity index (χ1) is 7.93. The summed E-state index contributed by atoms with van der Waals surface area (Å²) in [4.78, 5) is 0. The van der Waals surface area contributed by atoms with Crippen molar-refractivity contribution in [2.75, 3.05) is 0 Å². The Morgan fingerprint density at radius 2 is 1.94 bits per heavy atom. The molecule has 3 rings (SSSR count). The number of hydrogen-bond donors (Lipinski definition) is 1. The van der Waals surface area contributed by atoms with Gasteiger partial charge >= 0.3 is 0 Å². The molecule has 1 N–H and O–H groups in total. The molecule has 0 amide bonds. The van der Waals surface area contributed by atoms with Crippen molar-refractivity contribution in [3.05, 3.63) is 55.0 Å². The smallest absolute Gasteiger partial charge is 0.0681 e. The highest BCUT2D eigenvalue weighted by Crippen LogP contribution is 2.16. The van der Waals surface area contributed by atoms with E-state index in [1.54, 1.807) is 6.20 Å². The van der Waals surface area contributed by atoms with E-state index in [9.17, 15) is 0 Å². The fraction of sp³-hybridized carbons (Fsp3) is 0. The van der Waals surface area contributed by atoms with Crippen molar-refractivity contribution < 1.29 is 0 Å². The zero-order chi connectivity index (χ0) is 10.8. The van der Waals surface area contributed by atoms with Crippen LogP contribution in [0.5, 0.6) is 0 Å². The molecule has 0 radical (unpaired) electrons. The monoisotopic (exact) mass is 210 g/mol. The first-order valence-corrected chi connectivity index (χ1v) is 5.03. The van der Waals surface area contributed by atoms with Crippen LogP contribution in [0.3, 0.4) is 0 Å². The number of aromatic amines is 1. The van der Waals surface area contributed by atoms with Crippen molar-refractivity contribution in [2.24, 2.45) is 0 Å². The van der Waals surface area contributed by atoms with E-state index in [-0.39, 0.29) is 0 Å². The zero-order valence-electron chi connectivity index (χ0n) is 8.54. The topological polar surface area (TPSA) is 46.5 Å². The first-order valence-electron chi connectivity index (χ1n) is 5.03. The van der Waals surface area contributed by atoms with Gasteiger partial charge < -0.3 is 0 Å². The molecule has 78 valence electrons. The van der Waals surface area contributed by atoms with Crippen LogP contribution in [0.4, 0.5) is 0 Å². The Morgan fingerprint density at radius 1 is 1.06 bits per heavy atom. The number of para-hydroxylation sites is 1. The van der Waals surface area contributed by atoms with E-state index in [0.29, 0.717) is 0 Å². The number of H-pyrrole nitrogens is 1. The van der Waals surface area contributed by atoms with Crippen LogP contribution < -0.4 is 0 Å². The lowest BCUT2D eigenvalue weighted by molar-refractivity contribution is 0.880. The molecule has 0 saturated carbocycles. The molecule has 0 aliphatic rings. The molecule has 0 aliphatic carbocycles. The molecule has 2 heterocycles. The van der Waals surface area contributed by atoms with Crippen LogP contribution in [-0.2, 0) is 0 Å². The van der Waals surface area contributed by atoms with Gasteiger partial charge in [0.05, 0.1) is 17.6 Å². The largest absolute Gasteiger partial charge is 0.278 e. The van der Waals surface area contributed by atoms with E-state index >= 15 is 0 Å². The summed E-state index contributed by atoms with van der Waals surface area (Å²) in [6.45, 7) is 0. The van der Waals surface area contributed by atoms with Gasteiger partial charge in [0.25, 0.3) is 0 Å². The SMILES string of the molecule is c1ccc(-n2cc(-c3ccn[nH]3)cn2)cc1. The van der Waals surface area contributed by atoms with E-state index < -0.39 is 0 Å². The molecular weight excluding hydrogens is 200 g/mol. The van der Waals surface area contributed by atoms with Crippen LogP contribution in [0.1, 0.15) is 0 Å². The minimum atomic E-state index is 0.974. The predicted octanol–water partition coefficient (Wildman–Crippen LogP) is 2.26. The number of nitrogens with one attached hydrogen (secondary N) is 1. The molecule has 1 aromatic carbocycles. The van der Waals surface area contributed by atoms with E-state index in [0.717, 1.165) is 16.9 Å². The van der Waals surface area contributed by atoms with Crippen molar-refractivity contribution >= 4 is 0 Å². The standard InChI is InChI=1S/C12H10N4/c1-2-4-11(5-3-1)16-9-10(8-14-16)12-6-7-13-15-12/h1-9H,(H,13,15). The minimum Gasteiger partial charge on any atom is -0.278 e. The quantitative estimate of drug-likeness (QED) is 0.705. The van der Waals surface area contributed by atoms with Gasteiger partial charge in [-0.3, -0.25) is 5.10 Å². The summed E-state index contributed by atoms with van der Waals surface area (Å²) in [7, 11) is 0. The van der Waals surface area contributed by atoms with E-state index in [1.165, 1.54) is 0 Å². The molecule has 16 heavy (non-hydrogen) atoms. The Labute approximate surface area is 92.6 Å². The van der Waals surface area contributed by atoms with Crippen molar-refractivity contribution in [3.8, 4) is 16.9 Å². The summed E-state index contributed by atoms with van der Waals surface area (Å²) in [5.41, 5.74) is 3.05. The van der Waals surface area contributed by atoms with Gasteiger partial charge in [-0.15, -0.1) is 0 Å². The number of rotatable bonds is 2. The van der Waals surface area contributed by atoms with Gasteiger partial charge in [-0.25, -0.2) is 4.68 Å². The summed E-state index contributed by atoms with van der Waals surface area (Å²) in [6, 6.07) is 11.9. The van der Waals surface area contributed by atoms with Crippen molar-refractivity contribution in [1.82, 2.24) is 20.0 Å². The Bertz CT molecular complexity index is 566. The third-order valence-corrected chi connectivity index (χ3v) is 2.42. The maximum absolute atomic E-state index is 4.31.